The zero-order chi connectivity index (χ0) is 24.3. The molecule has 0 aliphatic rings. The normalized spacial score (nSPS) is 13.8. The van der Waals surface area contributed by atoms with E-state index in [0.717, 1.165) is 11.3 Å². The van der Waals surface area contributed by atoms with Gasteiger partial charge in [0.05, 0.1) is 25.6 Å². The molecule has 1 aromatic carbocycles. The van der Waals surface area contributed by atoms with E-state index in [1.54, 1.807) is 30.8 Å². The van der Waals surface area contributed by atoms with Crippen molar-refractivity contribution in [1.82, 2.24) is 24.6 Å². The standard InChI is InChI=1S/C21H21F3N5O4P/c1-3-32-34(30,25-11-14-4-6-17(31-2)7-5-14)13-16-12-29-9-8-15(10-18(29)26-16)19-27-20(33-28-19)21(22,23)24/h4-10,12H,3,11,13H2,1-2H3,(H,25,30). The average Bonchev–Trinajstić information content (AvgIpc) is 3.44. The summed E-state index contributed by atoms with van der Waals surface area (Å²) in [5.41, 5.74) is 2.11. The highest BCUT2D eigenvalue weighted by molar-refractivity contribution is 7.56. The maximum Gasteiger partial charge on any atom is 0.471 e. The molecule has 0 radical (unpaired) electrons. The molecule has 3 aromatic heterocycles. The smallest absolute Gasteiger partial charge is 0.471 e. The molecule has 0 saturated heterocycles. The van der Waals surface area contributed by atoms with Gasteiger partial charge in [-0.25, -0.2) is 10.1 Å². The number of nitrogens with one attached hydrogen (secondary N) is 1. The topological polar surface area (TPSA) is 104 Å². The number of fused-ring (bicyclic) bond motifs is 1. The van der Waals surface area contributed by atoms with Crippen LogP contribution >= 0.6 is 7.52 Å². The van der Waals surface area contributed by atoms with Gasteiger partial charge in [-0.2, -0.15) is 18.2 Å². The molecular formula is C21H21F3N5O4P. The quantitative estimate of drug-likeness (QED) is 0.326. The first kappa shape index (κ1) is 23.9. The van der Waals surface area contributed by atoms with Crippen molar-refractivity contribution in [3.05, 3.63) is 65.9 Å². The number of ether oxygens (including phenoxy) is 1. The summed E-state index contributed by atoms with van der Waals surface area (Å²) >= 11 is 0. The Balaban J connectivity index is 1.51. The Morgan fingerprint density at radius 2 is 1.94 bits per heavy atom. The number of hydrogen-bond donors (Lipinski definition) is 1. The van der Waals surface area contributed by atoms with E-state index in [1.165, 1.54) is 12.1 Å². The highest BCUT2D eigenvalue weighted by Gasteiger charge is 2.38. The van der Waals surface area contributed by atoms with Gasteiger partial charge in [0, 0.05) is 24.5 Å². The highest BCUT2D eigenvalue weighted by atomic mass is 31.2. The molecule has 0 fully saturated rings. The van der Waals surface area contributed by atoms with Crippen LogP contribution in [0.2, 0.25) is 0 Å². The summed E-state index contributed by atoms with van der Waals surface area (Å²) < 4.78 is 68.2. The third-order valence-electron chi connectivity index (χ3n) is 4.83. The second-order valence-corrected chi connectivity index (χ2v) is 9.50. The van der Waals surface area contributed by atoms with Gasteiger partial charge in [-0.05, 0) is 36.8 Å². The molecular weight excluding hydrogens is 474 g/mol. The molecule has 0 saturated carbocycles. The van der Waals surface area contributed by atoms with Crippen LogP contribution in [0.5, 0.6) is 5.75 Å². The number of nitrogens with zero attached hydrogens (tertiary/aromatic N) is 4. The van der Waals surface area contributed by atoms with Crippen molar-refractivity contribution in [2.24, 2.45) is 0 Å². The van der Waals surface area contributed by atoms with Crippen LogP contribution in [0.25, 0.3) is 17.0 Å². The molecule has 1 atom stereocenters. The number of hydrogen-bond acceptors (Lipinski definition) is 7. The van der Waals surface area contributed by atoms with E-state index in [9.17, 15) is 17.7 Å². The maximum atomic E-state index is 13.4. The van der Waals surface area contributed by atoms with Gasteiger partial charge in [0.1, 0.15) is 11.4 Å². The molecule has 0 aliphatic heterocycles. The van der Waals surface area contributed by atoms with Crippen LogP contribution in [0, 0.1) is 0 Å². The first-order valence-electron chi connectivity index (χ1n) is 10.2. The molecule has 1 N–H and O–H groups in total. The van der Waals surface area contributed by atoms with Gasteiger partial charge in [0.15, 0.2) is 0 Å². The monoisotopic (exact) mass is 495 g/mol. The minimum absolute atomic E-state index is 0.0223. The minimum Gasteiger partial charge on any atom is -0.497 e. The first-order chi connectivity index (χ1) is 16.2. The summed E-state index contributed by atoms with van der Waals surface area (Å²) in [5, 5.41) is 6.39. The van der Waals surface area contributed by atoms with Crippen LogP contribution in [-0.2, 0) is 28.0 Å². The fraction of sp³-hybridized carbons (Fsp3) is 0.286. The fourth-order valence-electron chi connectivity index (χ4n) is 3.23. The number of aromatic nitrogens is 4. The lowest BCUT2D eigenvalue weighted by Gasteiger charge is -2.18. The van der Waals surface area contributed by atoms with Crippen LogP contribution < -0.4 is 9.82 Å². The maximum absolute atomic E-state index is 13.4. The van der Waals surface area contributed by atoms with Crippen LogP contribution in [0.1, 0.15) is 24.1 Å². The van der Waals surface area contributed by atoms with Gasteiger partial charge in [-0.1, -0.05) is 17.3 Å². The van der Waals surface area contributed by atoms with Crippen LogP contribution in [0.15, 0.2) is 53.3 Å². The Bertz CT molecular complexity index is 1320. The largest absolute Gasteiger partial charge is 0.497 e. The lowest BCUT2D eigenvalue weighted by Crippen LogP contribution is -2.14. The average molecular weight is 495 g/mol. The van der Waals surface area contributed by atoms with E-state index >= 15 is 0 Å². The van der Waals surface area contributed by atoms with Gasteiger partial charge in [0.25, 0.3) is 7.52 Å². The number of rotatable bonds is 9. The molecule has 180 valence electrons. The Labute approximate surface area is 192 Å². The van der Waals surface area contributed by atoms with E-state index in [-0.39, 0.29) is 18.6 Å². The van der Waals surface area contributed by atoms with E-state index in [0.29, 0.717) is 23.4 Å². The molecule has 4 rings (SSSR count). The van der Waals surface area contributed by atoms with Gasteiger partial charge < -0.3 is 18.2 Å². The van der Waals surface area contributed by atoms with Crippen molar-refractivity contribution < 1.29 is 31.5 Å². The van der Waals surface area contributed by atoms with Crippen molar-refractivity contribution in [2.45, 2.75) is 25.8 Å². The summed E-state index contributed by atoms with van der Waals surface area (Å²) in [4.78, 5) is 7.84. The van der Waals surface area contributed by atoms with Crippen molar-refractivity contribution >= 4 is 13.2 Å². The molecule has 4 aromatic rings. The summed E-state index contributed by atoms with van der Waals surface area (Å²) in [6, 6.07) is 10.4. The fourth-order valence-corrected chi connectivity index (χ4v) is 4.94. The third-order valence-corrected chi connectivity index (χ3v) is 6.88. The number of alkyl halides is 3. The van der Waals surface area contributed by atoms with Crippen LogP contribution in [0.3, 0.4) is 0 Å². The summed E-state index contributed by atoms with van der Waals surface area (Å²) in [5.74, 6) is -0.913. The number of imidazole rings is 1. The predicted molar refractivity (Wildman–Crippen MR) is 116 cm³/mol. The summed E-state index contributed by atoms with van der Waals surface area (Å²) in [6.45, 7) is 2.31. The Hall–Kier alpha value is -3.21. The Morgan fingerprint density at radius 3 is 2.59 bits per heavy atom. The zero-order valence-corrected chi connectivity index (χ0v) is 19.1. The van der Waals surface area contributed by atoms with E-state index < -0.39 is 19.6 Å². The second-order valence-electron chi connectivity index (χ2n) is 7.27. The van der Waals surface area contributed by atoms with Gasteiger partial charge in [-0.15, -0.1) is 0 Å². The number of halogens is 3. The predicted octanol–water partition coefficient (Wildman–Crippen LogP) is 4.93. The molecule has 3 heterocycles. The third kappa shape index (κ3) is 5.46. The molecule has 1 unspecified atom stereocenters. The summed E-state index contributed by atoms with van der Waals surface area (Å²) in [7, 11) is -1.71. The lowest BCUT2D eigenvalue weighted by molar-refractivity contribution is -0.159. The number of methoxy groups -OCH3 is 1. The highest BCUT2D eigenvalue weighted by Crippen LogP contribution is 2.46. The minimum atomic E-state index is -4.73. The SMILES string of the molecule is CCOP(=O)(Cc1cn2ccc(-c3noc(C(F)(F)F)n3)cc2n1)NCc1ccc(OC)cc1. The molecule has 0 bridgehead atoms. The van der Waals surface area contributed by atoms with Gasteiger partial charge in [0.2, 0.25) is 5.82 Å². The zero-order valence-electron chi connectivity index (χ0n) is 18.2. The Morgan fingerprint density at radius 1 is 1.18 bits per heavy atom. The van der Waals surface area contributed by atoms with E-state index in [2.05, 4.69) is 24.7 Å². The first-order valence-corrected chi connectivity index (χ1v) is 12.0. The van der Waals surface area contributed by atoms with E-state index in [1.807, 2.05) is 24.3 Å². The van der Waals surface area contributed by atoms with Gasteiger partial charge >= 0.3 is 12.1 Å². The van der Waals surface area contributed by atoms with Crippen LogP contribution in [0.4, 0.5) is 13.2 Å². The van der Waals surface area contributed by atoms with Crippen molar-refractivity contribution in [3.63, 3.8) is 0 Å². The molecule has 0 aliphatic carbocycles. The molecule has 34 heavy (non-hydrogen) atoms. The van der Waals surface area contributed by atoms with Gasteiger partial charge in [-0.3, -0.25) is 4.57 Å². The molecule has 9 nitrogen and oxygen atoms in total. The number of pyridine rings is 1. The number of benzene rings is 1. The van der Waals surface area contributed by atoms with Crippen molar-refractivity contribution in [1.29, 1.82) is 0 Å². The lowest BCUT2D eigenvalue weighted by atomic mass is 10.2. The van der Waals surface area contributed by atoms with Crippen LogP contribution in [-0.4, -0.2) is 33.2 Å². The molecule has 13 heteroatoms. The Kier molecular flexibility index (Phi) is 6.74. The van der Waals surface area contributed by atoms with E-state index in [4.69, 9.17) is 9.26 Å². The second kappa shape index (κ2) is 9.57. The summed E-state index contributed by atoms with van der Waals surface area (Å²) in [6.07, 6.45) is -1.43. The molecule has 0 spiro atoms. The van der Waals surface area contributed by atoms with Crippen molar-refractivity contribution in [3.8, 4) is 17.1 Å². The van der Waals surface area contributed by atoms with Crippen molar-refractivity contribution in [2.75, 3.05) is 13.7 Å². The molecule has 0 amide bonds.